The number of rotatable bonds is 3. The fourth-order valence-corrected chi connectivity index (χ4v) is 1.80. The van der Waals surface area contributed by atoms with Gasteiger partial charge in [0.1, 0.15) is 11.6 Å². The van der Waals surface area contributed by atoms with Gasteiger partial charge in [-0.15, -0.1) is 0 Å². The SMILES string of the molecule is Cc1ccc(C(C(=O)NNC(=O)OC(C)(C)C)N(C)N)cc1. The third kappa shape index (κ3) is 5.71. The quantitative estimate of drug-likeness (QED) is 0.579. The Morgan fingerprint density at radius 3 is 2.18 bits per heavy atom. The minimum absolute atomic E-state index is 0.459. The lowest BCUT2D eigenvalue weighted by molar-refractivity contribution is -0.127. The summed E-state index contributed by atoms with van der Waals surface area (Å²) in [6, 6.07) is 6.68. The van der Waals surface area contributed by atoms with Gasteiger partial charge in [-0.25, -0.2) is 15.2 Å². The van der Waals surface area contributed by atoms with Crippen molar-refractivity contribution in [2.45, 2.75) is 39.3 Å². The van der Waals surface area contributed by atoms with Crippen molar-refractivity contribution >= 4 is 12.0 Å². The Kier molecular flexibility index (Phi) is 5.90. The van der Waals surface area contributed by atoms with E-state index < -0.39 is 23.6 Å². The molecule has 22 heavy (non-hydrogen) atoms. The van der Waals surface area contributed by atoms with Crippen LogP contribution in [0.1, 0.15) is 37.9 Å². The number of nitrogens with zero attached hydrogens (tertiary/aromatic N) is 1. The summed E-state index contributed by atoms with van der Waals surface area (Å²) in [7, 11) is 1.58. The zero-order chi connectivity index (χ0) is 16.9. The normalized spacial score (nSPS) is 12.7. The standard InChI is InChI=1S/C15H24N4O3/c1-10-6-8-11(9-7-10)12(19(5)16)13(20)17-18-14(21)22-15(2,3)4/h6-9,12H,16H2,1-5H3,(H,17,20)(H,18,21). The van der Waals surface area contributed by atoms with E-state index in [2.05, 4.69) is 10.9 Å². The molecule has 0 heterocycles. The minimum Gasteiger partial charge on any atom is -0.443 e. The van der Waals surface area contributed by atoms with Gasteiger partial charge in [0.2, 0.25) is 0 Å². The molecule has 0 fully saturated rings. The van der Waals surface area contributed by atoms with E-state index in [9.17, 15) is 9.59 Å². The lowest BCUT2D eigenvalue weighted by Crippen LogP contribution is -2.50. The van der Waals surface area contributed by atoms with Gasteiger partial charge in [0.25, 0.3) is 5.91 Å². The first-order chi connectivity index (χ1) is 10.1. The third-order valence-electron chi connectivity index (χ3n) is 2.74. The Balaban J connectivity index is 2.71. The summed E-state index contributed by atoms with van der Waals surface area (Å²) in [4.78, 5) is 23.8. The highest BCUT2D eigenvalue weighted by Crippen LogP contribution is 2.17. The van der Waals surface area contributed by atoms with Gasteiger partial charge in [0.05, 0.1) is 0 Å². The molecule has 4 N–H and O–H groups in total. The van der Waals surface area contributed by atoms with Crippen molar-refractivity contribution in [2.75, 3.05) is 7.05 Å². The van der Waals surface area contributed by atoms with Gasteiger partial charge in [-0.3, -0.25) is 16.1 Å². The number of benzene rings is 1. The van der Waals surface area contributed by atoms with Gasteiger partial charge in [0.15, 0.2) is 0 Å². The Morgan fingerprint density at radius 2 is 1.73 bits per heavy atom. The average molecular weight is 308 g/mol. The molecular formula is C15H24N4O3. The summed E-state index contributed by atoms with van der Waals surface area (Å²) in [5, 5.41) is 1.27. The first kappa shape index (κ1) is 17.9. The molecule has 1 atom stereocenters. The van der Waals surface area contributed by atoms with Gasteiger partial charge < -0.3 is 4.74 Å². The molecule has 0 aliphatic heterocycles. The minimum atomic E-state index is -0.733. The number of carbonyl (C=O) groups is 2. The van der Waals surface area contributed by atoms with E-state index in [0.29, 0.717) is 0 Å². The Bertz CT molecular complexity index is 521. The van der Waals surface area contributed by atoms with Crippen LogP contribution in [0.15, 0.2) is 24.3 Å². The summed E-state index contributed by atoms with van der Waals surface area (Å²) >= 11 is 0. The molecule has 0 aromatic heterocycles. The van der Waals surface area contributed by atoms with E-state index in [1.54, 1.807) is 27.8 Å². The van der Waals surface area contributed by atoms with Gasteiger partial charge in [-0.05, 0) is 33.3 Å². The number of nitrogens with one attached hydrogen (secondary N) is 2. The van der Waals surface area contributed by atoms with E-state index in [1.165, 1.54) is 5.01 Å². The zero-order valence-electron chi connectivity index (χ0n) is 13.6. The molecule has 0 aliphatic carbocycles. The second-order valence-electron chi connectivity index (χ2n) is 6.09. The molecule has 1 aromatic rings. The van der Waals surface area contributed by atoms with E-state index in [0.717, 1.165) is 11.1 Å². The molecule has 0 saturated carbocycles. The van der Waals surface area contributed by atoms with Gasteiger partial charge in [0, 0.05) is 7.05 Å². The van der Waals surface area contributed by atoms with Crippen molar-refractivity contribution in [3.63, 3.8) is 0 Å². The van der Waals surface area contributed by atoms with E-state index in [-0.39, 0.29) is 0 Å². The second-order valence-corrected chi connectivity index (χ2v) is 6.09. The number of likely N-dealkylation sites (N-methyl/N-ethyl adjacent to an activating group) is 1. The maximum Gasteiger partial charge on any atom is 0.426 e. The predicted octanol–water partition coefficient (Wildman–Crippen LogP) is 1.40. The first-order valence-corrected chi connectivity index (χ1v) is 6.93. The maximum absolute atomic E-state index is 12.2. The van der Waals surface area contributed by atoms with Crippen molar-refractivity contribution in [3.8, 4) is 0 Å². The molecule has 1 unspecified atom stereocenters. The molecule has 2 amide bonds. The van der Waals surface area contributed by atoms with Crippen LogP contribution in [0.3, 0.4) is 0 Å². The van der Waals surface area contributed by atoms with Crippen LogP contribution in [0.4, 0.5) is 4.79 Å². The summed E-state index contributed by atoms with van der Waals surface area (Å²) in [5.74, 6) is 5.29. The Hall–Kier alpha value is -2.12. The van der Waals surface area contributed by atoms with Crippen LogP contribution in [0.5, 0.6) is 0 Å². The summed E-state index contributed by atoms with van der Waals surface area (Å²) in [5.41, 5.74) is 5.68. The van der Waals surface area contributed by atoms with Crippen molar-refractivity contribution in [1.29, 1.82) is 0 Å². The number of amides is 2. The average Bonchev–Trinajstić information content (AvgIpc) is 2.36. The largest absolute Gasteiger partial charge is 0.443 e. The number of hydrogen-bond donors (Lipinski definition) is 3. The highest BCUT2D eigenvalue weighted by atomic mass is 16.6. The molecule has 7 heteroatoms. The van der Waals surface area contributed by atoms with Crippen LogP contribution in [0.25, 0.3) is 0 Å². The van der Waals surface area contributed by atoms with Crippen LogP contribution in [-0.2, 0) is 9.53 Å². The van der Waals surface area contributed by atoms with E-state index in [4.69, 9.17) is 10.6 Å². The summed E-state index contributed by atoms with van der Waals surface area (Å²) < 4.78 is 5.04. The molecule has 7 nitrogen and oxygen atoms in total. The molecule has 0 saturated heterocycles. The molecule has 0 aliphatic rings. The lowest BCUT2D eigenvalue weighted by atomic mass is 10.0. The molecule has 1 rings (SSSR count). The first-order valence-electron chi connectivity index (χ1n) is 6.93. The summed E-state index contributed by atoms with van der Waals surface area (Å²) in [6.07, 6.45) is -0.733. The van der Waals surface area contributed by atoms with Crippen LogP contribution in [0.2, 0.25) is 0 Å². The maximum atomic E-state index is 12.2. The number of aryl methyl sites for hydroxylation is 1. The van der Waals surface area contributed by atoms with Crippen LogP contribution < -0.4 is 16.7 Å². The highest BCUT2D eigenvalue weighted by molar-refractivity contribution is 5.84. The van der Waals surface area contributed by atoms with E-state index >= 15 is 0 Å². The van der Waals surface area contributed by atoms with Crippen LogP contribution in [0, 0.1) is 6.92 Å². The second kappa shape index (κ2) is 7.24. The van der Waals surface area contributed by atoms with E-state index in [1.807, 2.05) is 31.2 Å². The number of hydrogen-bond acceptors (Lipinski definition) is 5. The number of ether oxygens (including phenoxy) is 1. The van der Waals surface area contributed by atoms with Crippen LogP contribution in [-0.4, -0.2) is 29.7 Å². The molecule has 0 bridgehead atoms. The van der Waals surface area contributed by atoms with Gasteiger partial charge in [-0.2, -0.15) is 0 Å². The Labute approximate surface area is 130 Å². The number of hydrazine groups is 2. The van der Waals surface area contributed by atoms with Crippen molar-refractivity contribution in [2.24, 2.45) is 5.84 Å². The number of nitrogens with two attached hydrogens (primary N) is 1. The zero-order valence-corrected chi connectivity index (χ0v) is 13.6. The fraction of sp³-hybridized carbons (Fsp3) is 0.467. The molecule has 1 aromatic carbocycles. The monoisotopic (exact) mass is 308 g/mol. The smallest absolute Gasteiger partial charge is 0.426 e. The fourth-order valence-electron chi connectivity index (χ4n) is 1.80. The highest BCUT2D eigenvalue weighted by Gasteiger charge is 2.24. The van der Waals surface area contributed by atoms with Crippen LogP contribution >= 0.6 is 0 Å². The molecular weight excluding hydrogens is 284 g/mol. The van der Waals surface area contributed by atoms with Gasteiger partial charge in [-0.1, -0.05) is 29.8 Å². The number of carbonyl (C=O) groups excluding carboxylic acids is 2. The Morgan fingerprint density at radius 1 is 1.18 bits per heavy atom. The van der Waals surface area contributed by atoms with Gasteiger partial charge >= 0.3 is 6.09 Å². The van der Waals surface area contributed by atoms with Crippen molar-refractivity contribution in [1.82, 2.24) is 15.9 Å². The van der Waals surface area contributed by atoms with Crippen molar-refractivity contribution < 1.29 is 14.3 Å². The molecule has 0 radical (unpaired) electrons. The predicted molar refractivity (Wildman–Crippen MR) is 83.4 cm³/mol. The van der Waals surface area contributed by atoms with Crippen molar-refractivity contribution in [3.05, 3.63) is 35.4 Å². The third-order valence-corrected chi connectivity index (χ3v) is 2.74. The summed E-state index contributed by atoms with van der Waals surface area (Å²) in [6.45, 7) is 7.15. The molecule has 0 spiro atoms. The molecule has 122 valence electrons. The lowest BCUT2D eigenvalue weighted by Gasteiger charge is -2.24. The topological polar surface area (TPSA) is 96.7 Å².